The van der Waals surface area contributed by atoms with E-state index in [1.54, 1.807) is 18.2 Å². The highest BCUT2D eigenvalue weighted by atomic mass is 32.2. The second-order valence-electron chi connectivity index (χ2n) is 5.49. The van der Waals surface area contributed by atoms with Crippen molar-refractivity contribution in [2.45, 2.75) is 37.2 Å². The number of aryl methyl sites for hydroxylation is 1. The van der Waals surface area contributed by atoms with Crippen LogP contribution < -0.4 is 10.0 Å². The molecule has 0 radical (unpaired) electrons. The molecule has 1 heterocycles. The summed E-state index contributed by atoms with van der Waals surface area (Å²) in [5.74, 6) is 0. The maximum absolute atomic E-state index is 12.3. The zero-order valence-corrected chi connectivity index (χ0v) is 12.7. The molecule has 1 aromatic carbocycles. The number of hydrogen-bond acceptors (Lipinski definition) is 3. The van der Waals surface area contributed by atoms with Crippen LogP contribution in [0.3, 0.4) is 0 Å². The number of rotatable bonds is 6. The van der Waals surface area contributed by atoms with Crippen LogP contribution in [0.15, 0.2) is 41.4 Å². The summed E-state index contributed by atoms with van der Waals surface area (Å²) in [5, 5.41) is 3.35. The summed E-state index contributed by atoms with van der Waals surface area (Å²) in [6.07, 6.45) is 3.95. The highest BCUT2D eigenvalue weighted by molar-refractivity contribution is 7.92. The van der Waals surface area contributed by atoms with Crippen molar-refractivity contribution in [1.82, 2.24) is 10.3 Å². The first-order valence-corrected chi connectivity index (χ1v) is 8.51. The monoisotopic (exact) mass is 305 g/mol. The first-order valence-electron chi connectivity index (χ1n) is 7.03. The average molecular weight is 305 g/mol. The minimum Gasteiger partial charge on any atom is -0.363 e. The van der Waals surface area contributed by atoms with E-state index in [0.29, 0.717) is 18.3 Å². The molecule has 1 saturated carbocycles. The SMILES string of the molecule is Cc1ccc(NS(=O)(=O)c2c[nH]c(CNC3CC3)c2)cc1. The van der Waals surface area contributed by atoms with Gasteiger partial charge in [-0.05, 0) is 38.0 Å². The van der Waals surface area contributed by atoms with Crippen molar-refractivity contribution in [3.63, 3.8) is 0 Å². The Balaban J connectivity index is 1.69. The van der Waals surface area contributed by atoms with Gasteiger partial charge in [0.25, 0.3) is 10.0 Å². The summed E-state index contributed by atoms with van der Waals surface area (Å²) in [4.78, 5) is 3.27. The predicted molar refractivity (Wildman–Crippen MR) is 82.6 cm³/mol. The lowest BCUT2D eigenvalue weighted by Gasteiger charge is -2.06. The molecule has 0 amide bonds. The van der Waals surface area contributed by atoms with Crippen molar-refractivity contribution < 1.29 is 8.42 Å². The molecule has 1 fully saturated rings. The maximum atomic E-state index is 12.3. The molecule has 5 nitrogen and oxygen atoms in total. The third-order valence-electron chi connectivity index (χ3n) is 3.49. The fraction of sp³-hybridized carbons (Fsp3) is 0.333. The summed E-state index contributed by atoms with van der Waals surface area (Å²) < 4.78 is 27.2. The number of H-pyrrole nitrogens is 1. The topological polar surface area (TPSA) is 74.0 Å². The smallest absolute Gasteiger partial charge is 0.263 e. The summed E-state index contributed by atoms with van der Waals surface area (Å²) in [6.45, 7) is 2.63. The molecule has 21 heavy (non-hydrogen) atoms. The lowest BCUT2D eigenvalue weighted by Crippen LogP contribution is -2.15. The molecule has 2 aromatic rings. The van der Waals surface area contributed by atoms with Gasteiger partial charge in [-0.25, -0.2) is 8.42 Å². The Bertz CT molecular complexity index is 716. The van der Waals surface area contributed by atoms with Gasteiger partial charge < -0.3 is 10.3 Å². The van der Waals surface area contributed by atoms with Gasteiger partial charge in [-0.2, -0.15) is 0 Å². The van der Waals surface area contributed by atoms with E-state index in [9.17, 15) is 8.42 Å². The molecule has 3 N–H and O–H groups in total. The van der Waals surface area contributed by atoms with Crippen molar-refractivity contribution in [3.8, 4) is 0 Å². The van der Waals surface area contributed by atoms with Gasteiger partial charge in [0, 0.05) is 30.2 Å². The zero-order valence-electron chi connectivity index (χ0n) is 11.9. The molecule has 3 rings (SSSR count). The Kier molecular flexibility index (Phi) is 3.73. The minimum atomic E-state index is -3.54. The van der Waals surface area contributed by atoms with Crippen LogP contribution in [0, 0.1) is 6.92 Å². The Labute approximate surface area is 124 Å². The number of hydrogen-bond donors (Lipinski definition) is 3. The van der Waals surface area contributed by atoms with E-state index in [-0.39, 0.29) is 4.90 Å². The maximum Gasteiger partial charge on any atom is 0.263 e. The zero-order chi connectivity index (χ0) is 14.9. The third-order valence-corrected chi connectivity index (χ3v) is 4.85. The van der Waals surface area contributed by atoms with Gasteiger partial charge in [0.05, 0.1) is 0 Å². The van der Waals surface area contributed by atoms with Gasteiger partial charge in [-0.1, -0.05) is 17.7 Å². The molecular formula is C15H19N3O2S. The van der Waals surface area contributed by atoms with Crippen LogP contribution >= 0.6 is 0 Å². The van der Waals surface area contributed by atoms with Crippen LogP contribution in [0.5, 0.6) is 0 Å². The predicted octanol–water partition coefficient (Wildman–Crippen LogP) is 2.38. The van der Waals surface area contributed by atoms with Gasteiger partial charge in [-0.3, -0.25) is 4.72 Å². The highest BCUT2D eigenvalue weighted by Gasteiger charge is 2.21. The van der Waals surface area contributed by atoms with Crippen LogP contribution in [-0.2, 0) is 16.6 Å². The summed E-state index contributed by atoms with van der Waals surface area (Å²) >= 11 is 0. The van der Waals surface area contributed by atoms with E-state index in [1.165, 1.54) is 19.0 Å². The summed E-state index contributed by atoms with van der Waals surface area (Å²) in [5.41, 5.74) is 2.54. The highest BCUT2D eigenvalue weighted by Crippen LogP contribution is 2.20. The number of aromatic nitrogens is 1. The summed E-state index contributed by atoms with van der Waals surface area (Å²) in [6, 6.07) is 9.54. The number of benzene rings is 1. The molecule has 0 spiro atoms. The van der Waals surface area contributed by atoms with Crippen LogP contribution in [0.4, 0.5) is 5.69 Å². The second-order valence-corrected chi connectivity index (χ2v) is 7.17. The molecular weight excluding hydrogens is 286 g/mol. The van der Waals surface area contributed by atoms with Crippen LogP contribution in [0.1, 0.15) is 24.1 Å². The van der Waals surface area contributed by atoms with E-state index in [4.69, 9.17) is 0 Å². The Morgan fingerprint density at radius 1 is 1.24 bits per heavy atom. The Hall–Kier alpha value is -1.79. The largest absolute Gasteiger partial charge is 0.363 e. The number of nitrogens with one attached hydrogen (secondary N) is 3. The molecule has 6 heteroatoms. The molecule has 1 aliphatic rings. The second kappa shape index (κ2) is 5.54. The Morgan fingerprint density at radius 3 is 2.62 bits per heavy atom. The van der Waals surface area contributed by atoms with Crippen molar-refractivity contribution >= 4 is 15.7 Å². The lowest BCUT2D eigenvalue weighted by molar-refractivity contribution is 0.601. The van der Waals surface area contributed by atoms with Gasteiger partial charge in [0.2, 0.25) is 0 Å². The van der Waals surface area contributed by atoms with Crippen molar-refractivity contribution in [2.24, 2.45) is 0 Å². The van der Waals surface area contributed by atoms with E-state index >= 15 is 0 Å². The van der Waals surface area contributed by atoms with E-state index in [1.807, 2.05) is 19.1 Å². The van der Waals surface area contributed by atoms with Crippen molar-refractivity contribution in [3.05, 3.63) is 47.8 Å². The molecule has 1 aliphatic carbocycles. The van der Waals surface area contributed by atoms with Gasteiger partial charge in [-0.15, -0.1) is 0 Å². The van der Waals surface area contributed by atoms with E-state index in [0.717, 1.165) is 11.3 Å². The van der Waals surface area contributed by atoms with Gasteiger partial charge in [0.15, 0.2) is 0 Å². The molecule has 0 bridgehead atoms. The summed E-state index contributed by atoms with van der Waals surface area (Å²) in [7, 11) is -3.54. The number of anilines is 1. The standard InChI is InChI=1S/C15H19N3O2S/c1-11-2-4-13(5-3-11)18-21(19,20)15-8-14(17-10-15)9-16-12-6-7-12/h2-5,8,10,12,16-18H,6-7,9H2,1H3. The first-order chi connectivity index (χ1) is 10.0. The fourth-order valence-electron chi connectivity index (χ4n) is 2.05. The normalized spacial score (nSPS) is 15.1. The first kappa shape index (κ1) is 14.2. The van der Waals surface area contributed by atoms with E-state index in [2.05, 4.69) is 15.0 Å². The average Bonchev–Trinajstić information content (AvgIpc) is 3.15. The van der Waals surface area contributed by atoms with Crippen LogP contribution in [0.25, 0.3) is 0 Å². The van der Waals surface area contributed by atoms with Crippen molar-refractivity contribution in [2.75, 3.05) is 4.72 Å². The van der Waals surface area contributed by atoms with Crippen LogP contribution in [-0.4, -0.2) is 19.4 Å². The Morgan fingerprint density at radius 2 is 1.95 bits per heavy atom. The van der Waals surface area contributed by atoms with Crippen molar-refractivity contribution in [1.29, 1.82) is 0 Å². The fourth-order valence-corrected chi connectivity index (χ4v) is 3.13. The van der Waals surface area contributed by atoms with Gasteiger partial charge in [0.1, 0.15) is 4.90 Å². The third kappa shape index (κ3) is 3.65. The molecule has 112 valence electrons. The van der Waals surface area contributed by atoms with Gasteiger partial charge >= 0.3 is 0 Å². The quantitative estimate of drug-likeness (QED) is 0.767. The van der Waals surface area contributed by atoms with E-state index < -0.39 is 10.0 Å². The number of aromatic amines is 1. The molecule has 0 unspecified atom stereocenters. The molecule has 0 saturated heterocycles. The lowest BCUT2D eigenvalue weighted by atomic mass is 10.2. The molecule has 0 aliphatic heterocycles. The number of sulfonamides is 1. The minimum absolute atomic E-state index is 0.260. The molecule has 0 atom stereocenters. The van der Waals surface area contributed by atoms with Crippen LogP contribution in [0.2, 0.25) is 0 Å². The molecule has 1 aromatic heterocycles.